The van der Waals surface area contributed by atoms with Crippen LogP contribution in [0, 0.1) is 0 Å². The molecule has 0 amide bonds. The van der Waals surface area contributed by atoms with Crippen LogP contribution in [0.15, 0.2) is 24.3 Å². The Bertz CT molecular complexity index is 439. The van der Waals surface area contributed by atoms with Gasteiger partial charge in [0.2, 0.25) is 0 Å². The molecule has 1 atom stereocenters. The van der Waals surface area contributed by atoms with Crippen molar-refractivity contribution in [3.05, 3.63) is 24.3 Å². The molecule has 1 rings (SSSR count). The number of halogens is 2. The Hall–Kier alpha value is 0.692. The first-order chi connectivity index (χ1) is 8.98. The number of rotatable bonds is 4. The van der Waals surface area contributed by atoms with E-state index in [1.165, 1.54) is 11.0 Å². The molecule has 1 aromatic carbocycles. The van der Waals surface area contributed by atoms with Gasteiger partial charge in [-0.1, -0.05) is 54.7 Å². The summed E-state index contributed by atoms with van der Waals surface area (Å²) in [6, 6.07) is 8.79. The summed E-state index contributed by atoms with van der Waals surface area (Å²) in [6.45, 7) is 11.2. The molecule has 0 aromatic heterocycles. The van der Waals surface area contributed by atoms with Crippen molar-refractivity contribution in [1.82, 2.24) is 0 Å². The minimum absolute atomic E-state index is 0. The maximum absolute atomic E-state index is 6.28. The summed E-state index contributed by atoms with van der Waals surface area (Å²) in [7, 11) is 3.62. The van der Waals surface area contributed by atoms with E-state index in [0.717, 1.165) is 0 Å². The average Bonchev–Trinajstić information content (AvgIpc) is 2.27. The average molecular weight is 441 g/mol. The van der Waals surface area contributed by atoms with Gasteiger partial charge in [0, 0.05) is 45.4 Å². The summed E-state index contributed by atoms with van der Waals surface area (Å²) in [6.07, 6.45) is 0. The quantitative estimate of drug-likeness (QED) is 0.352. The fraction of sp³-hybridized carbons (Fsp3) is 0.625. The monoisotopic (exact) mass is 439 g/mol. The molecule has 1 aromatic rings. The van der Waals surface area contributed by atoms with Crippen LogP contribution in [0.4, 0.5) is 5.69 Å². The molecule has 0 bridgehead atoms. The van der Waals surface area contributed by atoms with E-state index in [9.17, 15) is 0 Å². The Labute approximate surface area is 155 Å². The maximum atomic E-state index is 6.28. The molecule has 0 fully saturated rings. The third-order valence-electron chi connectivity index (χ3n) is 3.41. The molecule has 0 aliphatic heterocycles. The molecule has 0 heterocycles. The smallest absolute Gasteiger partial charge is 0.117 e. The number of benzene rings is 1. The zero-order valence-corrected chi connectivity index (χ0v) is 17.8. The van der Waals surface area contributed by atoms with Crippen molar-refractivity contribution < 1.29 is 20.4 Å². The molecule has 0 radical (unpaired) electrons. The van der Waals surface area contributed by atoms with Gasteiger partial charge in [0.15, 0.2) is 0 Å². The van der Waals surface area contributed by atoms with E-state index in [4.69, 9.17) is 23.2 Å². The van der Waals surface area contributed by atoms with E-state index >= 15 is 0 Å². The molecular weight excluding hydrogens is 414 g/mol. The molecule has 0 saturated heterocycles. The second-order valence-electron chi connectivity index (χ2n) is 6.87. The van der Waals surface area contributed by atoms with Crippen molar-refractivity contribution in [1.29, 1.82) is 0 Å². The van der Waals surface area contributed by atoms with Gasteiger partial charge in [0.1, 0.15) is 4.84 Å². The first kappa shape index (κ1) is 21.7. The van der Waals surface area contributed by atoms with Gasteiger partial charge in [-0.05, 0) is 22.6 Å². The van der Waals surface area contributed by atoms with Crippen LogP contribution < -0.4 is 10.2 Å². The minimum Gasteiger partial charge on any atom is -0.378 e. The van der Waals surface area contributed by atoms with Crippen molar-refractivity contribution in [2.24, 2.45) is 0 Å². The SMILES string of the molecule is CN(C)c1ccc(P(C(C)(C)C)C(C)(C)C(Cl)Cl)cc1.[Pd]. The molecular formula is C16H26Cl2NPPd. The summed E-state index contributed by atoms with van der Waals surface area (Å²) in [5.41, 5.74) is 1.21. The second-order valence-corrected chi connectivity index (χ2v) is 11.6. The molecule has 0 saturated carbocycles. The number of alkyl halides is 2. The summed E-state index contributed by atoms with van der Waals surface area (Å²) in [4.78, 5) is 1.74. The van der Waals surface area contributed by atoms with Crippen molar-refractivity contribution in [2.75, 3.05) is 19.0 Å². The number of nitrogens with zero attached hydrogens (tertiary/aromatic N) is 1. The van der Waals surface area contributed by atoms with E-state index in [2.05, 4.69) is 77.9 Å². The van der Waals surface area contributed by atoms with Crippen LogP contribution in [-0.2, 0) is 20.4 Å². The van der Waals surface area contributed by atoms with Crippen LogP contribution >= 0.6 is 31.1 Å². The molecule has 0 spiro atoms. The van der Waals surface area contributed by atoms with Gasteiger partial charge < -0.3 is 4.90 Å². The first-order valence-electron chi connectivity index (χ1n) is 6.84. The molecule has 0 aliphatic rings. The van der Waals surface area contributed by atoms with Crippen molar-refractivity contribution in [2.45, 2.75) is 49.8 Å². The summed E-state index contributed by atoms with van der Waals surface area (Å²) < 4.78 is 0. The maximum Gasteiger partial charge on any atom is 0.117 e. The van der Waals surface area contributed by atoms with Crippen molar-refractivity contribution in [3.63, 3.8) is 0 Å². The zero-order valence-electron chi connectivity index (χ0n) is 13.9. The van der Waals surface area contributed by atoms with Crippen LogP contribution in [0.1, 0.15) is 34.6 Å². The van der Waals surface area contributed by atoms with E-state index in [1.807, 2.05) is 0 Å². The van der Waals surface area contributed by atoms with Crippen LogP contribution in [0.5, 0.6) is 0 Å². The van der Waals surface area contributed by atoms with Gasteiger partial charge in [-0.15, -0.1) is 23.2 Å². The fourth-order valence-electron chi connectivity index (χ4n) is 2.58. The predicted molar refractivity (Wildman–Crippen MR) is 96.6 cm³/mol. The van der Waals surface area contributed by atoms with Crippen LogP contribution in [0.25, 0.3) is 0 Å². The van der Waals surface area contributed by atoms with Crippen LogP contribution in [-0.4, -0.2) is 29.2 Å². The van der Waals surface area contributed by atoms with Crippen molar-refractivity contribution >= 4 is 42.1 Å². The van der Waals surface area contributed by atoms with E-state index < -0.39 is 7.92 Å². The predicted octanol–water partition coefficient (Wildman–Crippen LogP) is 5.24. The summed E-state index contributed by atoms with van der Waals surface area (Å²) >= 11 is 12.6. The molecule has 1 nitrogen and oxygen atoms in total. The van der Waals surface area contributed by atoms with E-state index in [-0.39, 0.29) is 35.6 Å². The molecule has 21 heavy (non-hydrogen) atoms. The summed E-state index contributed by atoms with van der Waals surface area (Å²) in [5, 5.41) is 1.38. The van der Waals surface area contributed by atoms with Crippen LogP contribution in [0.3, 0.4) is 0 Å². The largest absolute Gasteiger partial charge is 0.378 e. The topological polar surface area (TPSA) is 3.24 Å². The Balaban J connectivity index is 0.00000400. The molecule has 124 valence electrons. The third-order valence-corrected chi connectivity index (χ3v) is 8.37. The van der Waals surface area contributed by atoms with Gasteiger partial charge in [0.05, 0.1) is 0 Å². The standard InChI is InChI=1S/C16H26Cl2NP.Pd/c1-15(2,3)20(16(4,5)14(17)18)13-10-8-12(9-11-13)19(6)7;/h8-11,14H,1-7H3;. The third kappa shape index (κ3) is 5.37. The minimum atomic E-state index is -0.494. The Morgan fingerprint density at radius 3 is 1.67 bits per heavy atom. The van der Waals surface area contributed by atoms with Crippen LogP contribution in [0.2, 0.25) is 0 Å². The summed E-state index contributed by atoms with van der Waals surface area (Å²) in [5.74, 6) is 0. The Kier molecular flexibility index (Phi) is 8.25. The Morgan fingerprint density at radius 1 is 0.952 bits per heavy atom. The fourth-order valence-corrected chi connectivity index (χ4v) is 6.98. The van der Waals surface area contributed by atoms with E-state index in [1.54, 1.807) is 0 Å². The number of anilines is 1. The van der Waals surface area contributed by atoms with E-state index in [0.29, 0.717) is 0 Å². The molecule has 1 unspecified atom stereocenters. The van der Waals surface area contributed by atoms with Gasteiger partial charge in [-0.25, -0.2) is 0 Å². The molecule has 0 N–H and O–H groups in total. The number of hydrogen-bond donors (Lipinski definition) is 0. The first-order valence-corrected chi connectivity index (χ1v) is 9.05. The van der Waals surface area contributed by atoms with Gasteiger partial charge in [-0.3, -0.25) is 0 Å². The molecule has 5 heteroatoms. The second kappa shape index (κ2) is 7.99. The number of hydrogen-bond acceptors (Lipinski definition) is 1. The van der Waals surface area contributed by atoms with Crippen molar-refractivity contribution in [3.8, 4) is 0 Å². The van der Waals surface area contributed by atoms with Gasteiger partial charge in [0.25, 0.3) is 0 Å². The Morgan fingerprint density at radius 2 is 1.38 bits per heavy atom. The molecule has 0 aliphatic carbocycles. The normalized spacial score (nSPS) is 13.8. The zero-order chi connectivity index (χ0) is 15.7. The van der Waals surface area contributed by atoms with Gasteiger partial charge in [-0.2, -0.15) is 0 Å². The van der Waals surface area contributed by atoms with Gasteiger partial charge >= 0.3 is 0 Å².